The summed E-state index contributed by atoms with van der Waals surface area (Å²) in [6.45, 7) is 8.11. The summed E-state index contributed by atoms with van der Waals surface area (Å²) in [5.74, 6) is 0. The maximum Gasteiger partial charge on any atom is 0.0632 e. The highest BCUT2D eigenvalue weighted by Gasteiger charge is 2.04. The van der Waals surface area contributed by atoms with Gasteiger partial charge < -0.3 is 0 Å². The van der Waals surface area contributed by atoms with Crippen molar-refractivity contribution in [3.63, 3.8) is 0 Å². The molecule has 1 aromatic heterocycles. The van der Waals surface area contributed by atoms with Crippen LogP contribution in [0.15, 0.2) is 24.3 Å². The van der Waals surface area contributed by atoms with Crippen molar-refractivity contribution in [1.29, 1.82) is 0 Å². The van der Waals surface area contributed by atoms with Crippen LogP contribution in [-0.4, -0.2) is 10.2 Å². The Bertz CT molecular complexity index is 465. The molecular formula is C14H16N2. The van der Waals surface area contributed by atoms with Crippen LogP contribution in [0.2, 0.25) is 0 Å². The van der Waals surface area contributed by atoms with Gasteiger partial charge in [0.05, 0.1) is 11.4 Å². The molecule has 2 heteroatoms. The summed E-state index contributed by atoms with van der Waals surface area (Å²) in [7, 11) is 0. The molecule has 0 N–H and O–H groups in total. The molecule has 2 aliphatic carbocycles. The van der Waals surface area contributed by atoms with Gasteiger partial charge in [-0.05, 0) is 49.9 Å². The first-order valence-corrected chi connectivity index (χ1v) is 5.47. The zero-order valence-electron chi connectivity index (χ0n) is 10.2. The van der Waals surface area contributed by atoms with E-state index in [-0.39, 0.29) is 0 Å². The lowest BCUT2D eigenvalue weighted by atomic mass is 9.95. The molecule has 0 amide bonds. The zero-order chi connectivity index (χ0) is 11.7. The summed E-state index contributed by atoms with van der Waals surface area (Å²) in [6, 6.07) is 8.48. The Morgan fingerprint density at radius 2 is 0.938 bits per heavy atom. The Morgan fingerprint density at radius 1 is 0.625 bits per heavy atom. The third-order valence-electron chi connectivity index (χ3n) is 3.22. The molecule has 3 rings (SSSR count). The standard InChI is InChI=1S/C8H12N2.C6H4/c1-5-6(2)8(4)10-9-7(5)3;1-2-6-4-3-5(1)6/h1-4H3;1-4H. The van der Waals surface area contributed by atoms with Gasteiger partial charge in [-0.2, -0.15) is 10.2 Å². The normalized spacial score (nSPS) is 10.5. The highest BCUT2D eigenvalue weighted by atomic mass is 15.1. The number of hydrogen-bond donors (Lipinski definition) is 0. The van der Waals surface area contributed by atoms with E-state index in [0.29, 0.717) is 0 Å². The molecule has 0 aliphatic heterocycles. The molecule has 0 spiro atoms. The van der Waals surface area contributed by atoms with Gasteiger partial charge in [0.25, 0.3) is 0 Å². The summed E-state index contributed by atoms with van der Waals surface area (Å²) < 4.78 is 0. The Labute approximate surface area is 96.4 Å². The maximum atomic E-state index is 3.99. The van der Waals surface area contributed by atoms with Crippen LogP contribution in [0.3, 0.4) is 0 Å². The van der Waals surface area contributed by atoms with Crippen molar-refractivity contribution >= 4 is 0 Å². The van der Waals surface area contributed by atoms with Crippen molar-refractivity contribution in [1.82, 2.24) is 10.2 Å². The monoisotopic (exact) mass is 212 g/mol. The first-order valence-electron chi connectivity index (χ1n) is 5.47. The number of benzene rings is 1. The third-order valence-corrected chi connectivity index (χ3v) is 3.22. The van der Waals surface area contributed by atoms with Gasteiger partial charge in [0.15, 0.2) is 0 Å². The van der Waals surface area contributed by atoms with Crippen LogP contribution < -0.4 is 0 Å². The molecule has 0 fully saturated rings. The summed E-state index contributed by atoms with van der Waals surface area (Å²) in [5, 5.41) is 7.98. The number of hydrogen-bond acceptors (Lipinski definition) is 2. The van der Waals surface area contributed by atoms with Gasteiger partial charge in [-0.1, -0.05) is 24.3 Å². The number of aryl methyl sites for hydroxylation is 2. The van der Waals surface area contributed by atoms with Crippen molar-refractivity contribution in [2.75, 3.05) is 0 Å². The largest absolute Gasteiger partial charge is 0.155 e. The average molecular weight is 212 g/mol. The molecule has 0 saturated heterocycles. The van der Waals surface area contributed by atoms with Crippen molar-refractivity contribution in [3.05, 3.63) is 46.8 Å². The molecule has 16 heavy (non-hydrogen) atoms. The van der Waals surface area contributed by atoms with Crippen LogP contribution in [0.1, 0.15) is 22.5 Å². The molecule has 0 radical (unpaired) electrons. The minimum absolute atomic E-state index is 1.03. The zero-order valence-corrected chi connectivity index (χ0v) is 10.2. The smallest absolute Gasteiger partial charge is 0.0632 e. The van der Waals surface area contributed by atoms with E-state index < -0.39 is 0 Å². The van der Waals surface area contributed by atoms with E-state index in [0.717, 1.165) is 11.4 Å². The average Bonchev–Trinajstić information content (AvgIpc) is 2.27. The van der Waals surface area contributed by atoms with E-state index in [1.54, 1.807) is 0 Å². The maximum absolute atomic E-state index is 3.99. The van der Waals surface area contributed by atoms with Crippen LogP contribution >= 0.6 is 0 Å². The summed E-state index contributed by atoms with van der Waals surface area (Å²) in [4.78, 5) is 0. The number of aromatic nitrogens is 2. The Morgan fingerprint density at radius 3 is 1.12 bits per heavy atom. The van der Waals surface area contributed by atoms with Crippen molar-refractivity contribution in [2.24, 2.45) is 0 Å². The predicted octanol–water partition coefficient (Wildman–Crippen LogP) is 3.38. The van der Waals surface area contributed by atoms with E-state index in [1.165, 1.54) is 22.3 Å². The first kappa shape index (κ1) is 10.8. The van der Waals surface area contributed by atoms with Crippen LogP contribution in [-0.2, 0) is 0 Å². The molecule has 2 aliphatic rings. The Hall–Kier alpha value is -1.70. The van der Waals surface area contributed by atoms with Gasteiger partial charge in [0.1, 0.15) is 0 Å². The fourth-order valence-electron chi connectivity index (χ4n) is 1.51. The van der Waals surface area contributed by atoms with Gasteiger partial charge in [-0.15, -0.1) is 0 Å². The quantitative estimate of drug-likeness (QED) is 0.571. The Balaban J connectivity index is 0.000000134. The number of rotatable bonds is 0. The van der Waals surface area contributed by atoms with Gasteiger partial charge in [0.2, 0.25) is 0 Å². The van der Waals surface area contributed by atoms with E-state index in [4.69, 9.17) is 0 Å². The highest BCUT2D eigenvalue weighted by Crippen LogP contribution is 2.29. The molecule has 0 bridgehead atoms. The van der Waals surface area contributed by atoms with E-state index in [9.17, 15) is 0 Å². The fraction of sp³-hybridized carbons (Fsp3) is 0.286. The van der Waals surface area contributed by atoms with E-state index in [1.807, 2.05) is 13.8 Å². The van der Waals surface area contributed by atoms with Gasteiger partial charge >= 0.3 is 0 Å². The summed E-state index contributed by atoms with van der Waals surface area (Å²) >= 11 is 0. The fourth-order valence-corrected chi connectivity index (χ4v) is 1.51. The van der Waals surface area contributed by atoms with Crippen LogP contribution in [0.5, 0.6) is 0 Å². The predicted molar refractivity (Wildman–Crippen MR) is 66.4 cm³/mol. The van der Waals surface area contributed by atoms with Crippen molar-refractivity contribution in [2.45, 2.75) is 27.7 Å². The second kappa shape index (κ2) is 4.05. The topological polar surface area (TPSA) is 25.8 Å². The van der Waals surface area contributed by atoms with Gasteiger partial charge in [-0.3, -0.25) is 0 Å². The molecule has 1 aromatic rings. The van der Waals surface area contributed by atoms with Crippen molar-refractivity contribution < 1.29 is 0 Å². The lowest BCUT2D eigenvalue weighted by molar-refractivity contribution is 0.905. The van der Waals surface area contributed by atoms with E-state index in [2.05, 4.69) is 48.3 Å². The molecule has 2 nitrogen and oxygen atoms in total. The summed E-state index contributed by atoms with van der Waals surface area (Å²) in [6.07, 6.45) is 0. The molecule has 0 atom stereocenters. The van der Waals surface area contributed by atoms with Crippen LogP contribution in [0, 0.1) is 27.7 Å². The second-order valence-electron chi connectivity index (χ2n) is 4.20. The number of fused-ring (bicyclic) bond motifs is 1. The molecule has 0 aromatic carbocycles. The SMILES string of the molecule is Cc1nnc(C)c(C)c1C.c1cc2ccc1-2. The minimum atomic E-state index is 1.03. The highest BCUT2D eigenvalue weighted by molar-refractivity contribution is 5.75. The number of nitrogens with zero attached hydrogens (tertiary/aromatic N) is 2. The molecular weight excluding hydrogens is 196 g/mol. The third kappa shape index (κ3) is 1.83. The van der Waals surface area contributed by atoms with E-state index >= 15 is 0 Å². The summed E-state index contributed by atoms with van der Waals surface area (Å²) in [5.41, 5.74) is 7.43. The lowest BCUT2D eigenvalue weighted by Gasteiger charge is -2.10. The van der Waals surface area contributed by atoms with Gasteiger partial charge in [-0.25, -0.2) is 0 Å². The van der Waals surface area contributed by atoms with Crippen LogP contribution in [0.25, 0.3) is 11.1 Å². The molecule has 82 valence electrons. The lowest BCUT2D eigenvalue weighted by Crippen LogP contribution is -1.97. The minimum Gasteiger partial charge on any atom is -0.155 e. The van der Waals surface area contributed by atoms with Gasteiger partial charge in [0, 0.05) is 0 Å². The molecule has 0 unspecified atom stereocenters. The second-order valence-corrected chi connectivity index (χ2v) is 4.20. The Kier molecular flexibility index (Phi) is 2.73. The van der Waals surface area contributed by atoms with Crippen molar-refractivity contribution in [3.8, 4) is 11.1 Å². The first-order chi connectivity index (χ1) is 7.59. The van der Waals surface area contributed by atoms with Crippen LogP contribution in [0.4, 0.5) is 0 Å². The molecule has 0 saturated carbocycles. The molecule has 1 heterocycles.